The van der Waals surface area contributed by atoms with Crippen molar-refractivity contribution in [1.29, 1.82) is 0 Å². The summed E-state index contributed by atoms with van der Waals surface area (Å²) in [6.45, 7) is 6.45. The third-order valence-corrected chi connectivity index (χ3v) is 5.26. The molecule has 0 radical (unpaired) electrons. The zero-order valence-electron chi connectivity index (χ0n) is 16.3. The second-order valence-corrected chi connectivity index (χ2v) is 7.19. The van der Waals surface area contributed by atoms with E-state index in [-0.39, 0.29) is 6.54 Å². The predicted octanol–water partition coefficient (Wildman–Crippen LogP) is 6.21. The second-order valence-electron chi connectivity index (χ2n) is 7.19. The van der Waals surface area contributed by atoms with E-state index in [1.165, 1.54) is 28.8 Å². The van der Waals surface area contributed by atoms with Gasteiger partial charge in [-0.15, -0.1) is 0 Å². The lowest BCUT2D eigenvalue weighted by atomic mass is 9.94. The Morgan fingerprint density at radius 1 is 0.964 bits per heavy atom. The molecule has 0 saturated heterocycles. The van der Waals surface area contributed by atoms with Crippen LogP contribution in [-0.4, -0.2) is 9.55 Å². The first-order valence-corrected chi connectivity index (χ1v) is 9.47. The Hall–Kier alpha value is -3.01. The number of hydrogen-bond acceptors (Lipinski definition) is 1. The van der Waals surface area contributed by atoms with Crippen molar-refractivity contribution in [3.05, 3.63) is 88.7 Å². The van der Waals surface area contributed by atoms with Gasteiger partial charge < -0.3 is 4.57 Å². The highest BCUT2D eigenvalue weighted by Gasteiger charge is 2.17. The van der Waals surface area contributed by atoms with E-state index in [4.69, 9.17) is 4.98 Å². The average molecular weight is 376 g/mol. The quantitative estimate of drug-likeness (QED) is 0.414. The molecule has 4 heteroatoms. The van der Waals surface area contributed by atoms with Crippen LogP contribution < -0.4 is 0 Å². The molecule has 0 aliphatic rings. The van der Waals surface area contributed by atoms with Crippen molar-refractivity contribution in [3.8, 4) is 11.1 Å². The molecule has 0 aliphatic heterocycles. The molecule has 0 spiro atoms. The van der Waals surface area contributed by atoms with E-state index in [9.17, 15) is 8.78 Å². The van der Waals surface area contributed by atoms with Gasteiger partial charge in [-0.25, -0.2) is 13.8 Å². The Bertz CT molecular complexity index is 1160. The van der Waals surface area contributed by atoms with Gasteiger partial charge >= 0.3 is 0 Å². The summed E-state index contributed by atoms with van der Waals surface area (Å²) in [5.74, 6) is -0.852. The number of aromatic nitrogens is 2. The molecule has 0 aliphatic carbocycles. The molecule has 0 fully saturated rings. The summed E-state index contributed by atoms with van der Waals surface area (Å²) in [4.78, 5) is 4.81. The lowest BCUT2D eigenvalue weighted by Crippen LogP contribution is -2.04. The summed E-state index contributed by atoms with van der Waals surface area (Å²) < 4.78 is 29.6. The van der Waals surface area contributed by atoms with Crippen LogP contribution in [0.2, 0.25) is 0 Å². The SMILES string of the molecule is CCc1c(C)nc2c(ccn2Cc2cc(F)ccc2F)c1-c1ccc(C)cc1. The molecular formula is C24H22F2N2. The molecule has 0 N–H and O–H groups in total. The minimum atomic E-state index is -0.439. The molecule has 0 saturated carbocycles. The van der Waals surface area contributed by atoms with Gasteiger partial charge in [-0.2, -0.15) is 0 Å². The minimum absolute atomic E-state index is 0.234. The summed E-state index contributed by atoms with van der Waals surface area (Å²) in [7, 11) is 0. The average Bonchev–Trinajstić information content (AvgIpc) is 3.06. The molecule has 0 unspecified atom stereocenters. The van der Waals surface area contributed by atoms with Crippen LogP contribution >= 0.6 is 0 Å². The summed E-state index contributed by atoms with van der Waals surface area (Å²) in [6.07, 6.45) is 2.78. The van der Waals surface area contributed by atoms with Gasteiger partial charge in [-0.3, -0.25) is 0 Å². The number of aryl methyl sites for hydroxylation is 2. The van der Waals surface area contributed by atoms with Gasteiger partial charge in [0.1, 0.15) is 17.3 Å². The maximum absolute atomic E-state index is 14.1. The predicted molar refractivity (Wildman–Crippen MR) is 109 cm³/mol. The molecule has 0 atom stereocenters. The fourth-order valence-electron chi connectivity index (χ4n) is 3.81. The number of benzene rings is 2. The van der Waals surface area contributed by atoms with Crippen LogP contribution in [0.1, 0.15) is 29.3 Å². The molecule has 28 heavy (non-hydrogen) atoms. The fourth-order valence-corrected chi connectivity index (χ4v) is 3.81. The van der Waals surface area contributed by atoms with E-state index in [2.05, 4.69) is 38.1 Å². The topological polar surface area (TPSA) is 17.8 Å². The first-order chi connectivity index (χ1) is 13.5. The fraction of sp³-hybridized carbons (Fsp3) is 0.208. The van der Waals surface area contributed by atoms with Crippen molar-refractivity contribution < 1.29 is 8.78 Å². The summed E-state index contributed by atoms with van der Waals surface area (Å²) in [6, 6.07) is 14.0. The number of nitrogens with zero attached hydrogens (tertiary/aromatic N) is 2. The van der Waals surface area contributed by atoms with Gasteiger partial charge in [-0.05, 0) is 61.2 Å². The Morgan fingerprint density at radius 3 is 2.43 bits per heavy atom. The van der Waals surface area contributed by atoms with E-state index >= 15 is 0 Å². The van der Waals surface area contributed by atoms with Crippen molar-refractivity contribution in [2.75, 3.05) is 0 Å². The van der Waals surface area contributed by atoms with Gasteiger partial charge in [0.2, 0.25) is 0 Å². The van der Waals surface area contributed by atoms with Crippen molar-refractivity contribution in [2.45, 2.75) is 33.7 Å². The number of rotatable bonds is 4. The van der Waals surface area contributed by atoms with E-state index < -0.39 is 11.6 Å². The Kier molecular flexibility index (Phi) is 4.71. The van der Waals surface area contributed by atoms with Crippen molar-refractivity contribution >= 4 is 11.0 Å². The molecule has 2 aromatic carbocycles. The standard InChI is InChI=1S/C24H22F2N2/c1-4-20-16(3)27-24-21(23(20)17-7-5-15(2)6-8-17)11-12-28(24)14-18-13-19(25)9-10-22(18)26/h5-13H,4,14H2,1-3H3. The monoisotopic (exact) mass is 376 g/mol. The maximum Gasteiger partial charge on any atom is 0.141 e. The summed E-state index contributed by atoms with van der Waals surface area (Å²) >= 11 is 0. The highest BCUT2D eigenvalue weighted by atomic mass is 19.1. The van der Waals surface area contributed by atoms with Crippen LogP contribution in [-0.2, 0) is 13.0 Å². The number of halogens is 2. The smallest absolute Gasteiger partial charge is 0.141 e. The van der Waals surface area contributed by atoms with Crippen LogP contribution in [0.3, 0.4) is 0 Å². The largest absolute Gasteiger partial charge is 0.328 e. The second kappa shape index (κ2) is 7.19. The van der Waals surface area contributed by atoms with Gasteiger partial charge in [0.15, 0.2) is 0 Å². The van der Waals surface area contributed by atoms with Crippen molar-refractivity contribution in [2.24, 2.45) is 0 Å². The van der Waals surface area contributed by atoms with Gasteiger partial charge in [-0.1, -0.05) is 36.8 Å². The van der Waals surface area contributed by atoms with Crippen LogP contribution in [0, 0.1) is 25.5 Å². The third kappa shape index (κ3) is 3.19. The zero-order chi connectivity index (χ0) is 19.8. The van der Waals surface area contributed by atoms with E-state index in [1.54, 1.807) is 0 Å². The lowest BCUT2D eigenvalue weighted by molar-refractivity contribution is 0.578. The van der Waals surface area contributed by atoms with E-state index in [1.807, 2.05) is 23.8 Å². The lowest BCUT2D eigenvalue weighted by Gasteiger charge is -2.14. The third-order valence-electron chi connectivity index (χ3n) is 5.26. The van der Waals surface area contributed by atoms with E-state index in [0.717, 1.165) is 34.8 Å². The molecule has 4 rings (SSSR count). The molecule has 2 nitrogen and oxygen atoms in total. The van der Waals surface area contributed by atoms with Crippen LogP contribution in [0.15, 0.2) is 54.7 Å². The first kappa shape index (κ1) is 18.4. The summed E-state index contributed by atoms with van der Waals surface area (Å²) in [5, 5.41) is 1.03. The normalized spacial score (nSPS) is 11.3. The number of fused-ring (bicyclic) bond motifs is 1. The van der Waals surface area contributed by atoms with Gasteiger partial charge in [0, 0.05) is 22.8 Å². The van der Waals surface area contributed by atoms with Crippen molar-refractivity contribution in [3.63, 3.8) is 0 Å². The van der Waals surface area contributed by atoms with Crippen LogP contribution in [0.4, 0.5) is 8.78 Å². The number of hydrogen-bond donors (Lipinski definition) is 0. The molecular weight excluding hydrogens is 354 g/mol. The Morgan fingerprint density at radius 2 is 1.71 bits per heavy atom. The highest BCUT2D eigenvalue weighted by molar-refractivity contribution is 5.95. The van der Waals surface area contributed by atoms with Gasteiger partial charge in [0.25, 0.3) is 0 Å². The molecule has 2 heterocycles. The van der Waals surface area contributed by atoms with Crippen LogP contribution in [0.25, 0.3) is 22.2 Å². The maximum atomic E-state index is 14.1. The Balaban J connectivity index is 1.90. The number of pyridine rings is 1. The zero-order valence-corrected chi connectivity index (χ0v) is 16.3. The van der Waals surface area contributed by atoms with Crippen LogP contribution in [0.5, 0.6) is 0 Å². The molecule has 4 aromatic rings. The molecule has 142 valence electrons. The van der Waals surface area contributed by atoms with Crippen molar-refractivity contribution in [1.82, 2.24) is 9.55 Å². The summed E-state index contributed by atoms with van der Waals surface area (Å²) in [5.41, 5.74) is 6.80. The molecule has 0 bridgehead atoms. The van der Waals surface area contributed by atoms with Gasteiger partial charge in [0.05, 0.1) is 6.54 Å². The molecule has 0 amide bonds. The van der Waals surface area contributed by atoms with E-state index in [0.29, 0.717) is 5.56 Å². The minimum Gasteiger partial charge on any atom is -0.328 e. The highest BCUT2D eigenvalue weighted by Crippen LogP contribution is 2.34. The molecule has 2 aromatic heterocycles. The first-order valence-electron chi connectivity index (χ1n) is 9.47. The Labute approximate surface area is 163 Å².